The number of rotatable bonds is 5. The van der Waals surface area contributed by atoms with Crippen LogP contribution in [0.15, 0.2) is 23.8 Å². The van der Waals surface area contributed by atoms with Gasteiger partial charge in [0.15, 0.2) is 0 Å². The van der Waals surface area contributed by atoms with Crippen LogP contribution in [0.4, 0.5) is 0 Å². The molecule has 4 nitrogen and oxygen atoms in total. The first kappa shape index (κ1) is 17.5. The Morgan fingerprint density at radius 3 is 2.57 bits per heavy atom. The van der Waals surface area contributed by atoms with E-state index in [2.05, 4.69) is 5.32 Å². The van der Waals surface area contributed by atoms with E-state index in [1.54, 1.807) is 38.4 Å². The number of carbonyl (C=O) groups is 1. The van der Waals surface area contributed by atoms with Crippen LogP contribution < -0.4 is 10.1 Å². The largest absolute Gasteiger partial charge is 0.496 e. The standard InChI is InChI=1S/C16H22ClNO3/c1-16(2,3)21-15(19)12(10-18-4)8-11-9-13(17)6-7-14(11)20-5/h6-9,18H,10H2,1-5H3/b12-8+. The van der Waals surface area contributed by atoms with Gasteiger partial charge in [0, 0.05) is 17.1 Å². The Kier molecular flexibility index (Phi) is 6.24. The molecule has 21 heavy (non-hydrogen) atoms. The SMILES string of the molecule is CNC/C(=C\c1cc(Cl)ccc1OC)C(=O)OC(C)(C)C. The molecule has 0 radical (unpaired) electrons. The third-order valence-corrected chi connectivity index (χ3v) is 2.78. The van der Waals surface area contributed by atoms with Gasteiger partial charge < -0.3 is 14.8 Å². The molecule has 0 heterocycles. The van der Waals surface area contributed by atoms with Crippen molar-refractivity contribution in [2.24, 2.45) is 0 Å². The van der Waals surface area contributed by atoms with E-state index in [9.17, 15) is 4.79 Å². The van der Waals surface area contributed by atoms with E-state index in [0.29, 0.717) is 22.9 Å². The van der Waals surface area contributed by atoms with E-state index in [0.717, 1.165) is 5.56 Å². The Morgan fingerprint density at radius 1 is 1.38 bits per heavy atom. The topological polar surface area (TPSA) is 47.6 Å². The number of nitrogens with one attached hydrogen (secondary N) is 1. The molecule has 0 atom stereocenters. The van der Waals surface area contributed by atoms with E-state index in [4.69, 9.17) is 21.1 Å². The van der Waals surface area contributed by atoms with Gasteiger partial charge in [-0.05, 0) is 52.1 Å². The second-order valence-electron chi connectivity index (χ2n) is 5.59. The van der Waals surface area contributed by atoms with Crippen molar-refractivity contribution in [3.63, 3.8) is 0 Å². The Labute approximate surface area is 131 Å². The van der Waals surface area contributed by atoms with Gasteiger partial charge in [-0.2, -0.15) is 0 Å². The van der Waals surface area contributed by atoms with Crippen molar-refractivity contribution in [2.75, 3.05) is 20.7 Å². The molecule has 0 aliphatic heterocycles. The minimum Gasteiger partial charge on any atom is -0.496 e. The van der Waals surface area contributed by atoms with Gasteiger partial charge in [0.1, 0.15) is 11.4 Å². The van der Waals surface area contributed by atoms with E-state index in [-0.39, 0.29) is 5.97 Å². The Hall–Kier alpha value is -1.52. The minimum atomic E-state index is -0.539. The highest BCUT2D eigenvalue weighted by Crippen LogP contribution is 2.25. The maximum Gasteiger partial charge on any atom is 0.335 e. The van der Waals surface area contributed by atoms with Crippen LogP contribution in [0, 0.1) is 0 Å². The highest BCUT2D eigenvalue weighted by Gasteiger charge is 2.20. The molecule has 0 aliphatic rings. The fourth-order valence-corrected chi connectivity index (χ4v) is 1.90. The highest BCUT2D eigenvalue weighted by molar-refractivity contribution is 6.30. The molecule has 0 aliphatic carbocycles. The molecule has 1 rings (SSSR count). The van der Waals surface area contributed by atoms with Crippen molar-refractivity contribution in [1.82, 2.24) is 5.32 Å². The minimum absolute atomic E-state index is 0.362. The molecule has 0 aromatic heterocycles. The van der Waals surface area contributed by atoms with Gasteiger partial charge >= 0.3 is 5.97 Å². The molecule has 0 amide bonds. The first-order chi connectivity index (χ1) is 9.76. The third-order valence-electron chi connectivity index (χ3n) is 2.55. The monoisotopic (exact) mass is 311 g/mol. The average Bonchev–Trinajstić information content (AvgIpc) is 2.36. The van der Waals surface area contributed by atoms with Crippen LogP contribution >= 0.6 is 11.6 Å². The molecule has 1 aromatic carbocycles. The molecule has 116 valence electrons. The predicted molar refractivity (Wildman–Crippen MR) is 85.8 cm³/mol. The van der Waals surface area contributed by atoms with Crippen LogP contribution in [0.25, 0.3) is 6.08 Å². The number of ether oxygens (including phenoxy) is 2. The van der Waals surface area contributed by atoms with E-state index in [1.165, 1.54) is 0 Å². The van der Waals surface area contributed by atoms with E-state index in [1.807, 2.05) is 20.8 Å². The molecule has 0 saturated carbocycles. The fraction of sp³-hybridized carbons (Fsp3) is 0.438. The lowest BCUT2D eigenvalue weighted by atomic mass is 10.1. The zero-order chi connectivity index (χ0) is 16.0. The first-order valence-electron chi connectivity index (χ1n) is 6.69. The highest BCUT2D eigenvalue weighted by atomic mass is 35.5. The zero-order valence-electron chi connectivity index (χ0n) is 13.1. The van der Waals surface area contributed by atoms with Crippen molar-refractivity contribution >= 4 is 23.6 Å². The first-order valence-corrected chi connectivity index (χ1v) is 7.06. The van der Waals surface area contributed by atoms with E-state index >= 15 is 0 Å². The Bertz CT molecular complexity index is 533. The van der Waals surface area contributed by atoms with E-state index < -0.39 is 5.60 Å². The van der Waals surface area contributed by atoms with Gasteiger partial charge in [0.25, 0.3) is 0 Å². The summed E-state index contributed by atoms with van der Waals surface area (Å²) in [6.07, 6.45) is 1.73. The fourth-order valence-electron chi connectivity index (χ4n) is 1.72. The number of methoxy groups -OCH3 is 1. The molecule has 5 heteroatoms. The van der Waals surface area contributed by atoms with Gasteiger partial charge in [0.2, 0.25) is 0 Å². The van der Waals surface area contributed by atoms with Crippen LogP contribution in [0.5, 0.6) is 5.75 Å². The second kappa shape index (κ2) is 7.48. The lowest BCUT2D eigenvalue weighted by Gasteiger charge is -2.20. The zero-order valence-corrected chi connectivity index (χ0v) is 13.9. The number of esters is 1. The number of halogens is 1. The molecule has 1 aromatic rings. The van der Waals surface area contributed by atoms with Crippen molar-refractivity contribution in [1.29, 1.82) is 0 Å². The average molecular weight is 312 g/mol. The summed E-state index contributed by atoms with van der Waals surface area (Å²) in [6.45, 7) is 5.90. The predicted octanol–water partition coefficient (Wildman–Crippen LogP) is 3.29. The Morgan fingerprint density at radius 2 is 2.05 bits per heavy atom. The van der Waals surface area contributed by atoms with Crippen LogP contribution in [-0.4, -0.2) is 32.3 Å². The molecule has 0 unspecified atom stereocenters. The normalized spacial score (nSPS) is 12.2. The van der Waals surface area contributed by atoms with Crippen molar-refractivity contribution < 1.29 is 14.3 Å². The maximum atomic E-state index is 12.2. The van der Waals surface area contributed by atoms with Crippen molar-refractivity contribution in [2.45, 2.75) is 26.4 Å². The molecule has 1 N–H and O–H groups in total. The number of hydrogen-bond acceptors (Lipinski definition) is 4. The van der Waals surface area contributed by atoms with Crippen LogP contribution in [0.1, 0.15) is 26.3 Å². The summed E-state index contributed by atoms with van der Waals surface area (Å²) in [7, 11) is 3.35. The lowest BCUT2D eigenvalue weighted by molar-refractivity contribution is -0.149. The Balaban J connectivity index is 3.15. The quantitative estimate of drug-likeness (QED) is 0.669. The van der Waals surface area contributed by atoms with Gasteiger partial charge in [-0.25, -0.2) is 4.79 Å². The number of hydrogen-bond donors (Lipinski definition) is 1. The number of carbonyl (C=O) groups excluding carboxylic acids is 1. The van der Waals surface area contributed by atoms with Gasteiger partial charge in [-0.1, -0.05) is 11.6 Å². The maximum absolute atomic E-state index is 12.2. The summed E-state index contributed by atoms with van der Waals surface area (Å²) in [4.78, 5) is 12.2. The number of likely N-dealkylation sites (N-methyl/N-ethyl adjacent to an activating group) is 1. The second-order valence-corrected chi connectivity index (χ2v) is 6.02. The van der Waals surface area contributed by atoms with Crippen molar-refractivity contribution in [3.8, 4) is 5.75 Å². The molecule has 0 saturated heterocycles. The third kappa shape index (κ3) is 5.78. The summed E-state index contributed by atoms with van der Waals surface area (Å²) in [5.74, 6) is 0.287. The summed E-state index contributed by atoms with van der Waals surface area (Å²) >= 11 is 6.00. The summed E-state index contributed by atoms with van der Waals surface area (Å²) in [5.41, 5.74) is 0.705. The van der Waals surface area contributed by atoms with Gasteiger partial charge in [-0.15, -0.1) is 0 Å². The molecular formula is C16H22ClNO3. The smallest absolute Gasteiger partial charge is 0.335 e. The summed E-state index contributed by atoms with van der Waals surface area (Å²) in [5, 5.41) is 3.54. The lowest BCUT2D eigenvalue weighted by Crippen LogP contribution is -2.27. The van der Waals surface area contributed by atoms with Crippen LogP contribution in [0.3, 0.4) is 0 Å². The van der Waals surface area contributed by atoms with Crippen LogP contribution in [0.2, 0.25) is 5.02 Å². The van der Waals surface area contributed by atoms with Crippen molar-refractivity contribution in [3.05, 3.63) is 34.4 Å². The summed E-state index contributed by atoms with van der Waals surface area (Å²) in [6, 6.07) is 5.25. The van der Waals surface area contributed by atoms with Crippen LogP contribution in [-0.2, 0) is 9.53 Å². The van der Waals surface area contributed by atoms with Gasteiger partial charge in [0.05, 0.1) is 12.7 Å². The summed E-state index contributed by atoms with van der Waals surface area (Å²) < 4.78 is 10.7. The molecule has 0 spiro atoms. The molecular weight excluding hydrogens is 290 g/mol. The molecule has 0 fully saturated rings. The van der Waals surface area contributed by atoms with Gasteiger partial charge in [-0.3, -0.25) is 0 Å². The number of benzene rings is 1. The molecule has 0 bridgehead atoms.